The quantitative estimate of drug-likeness (QED) is 0.0124. The average molecular weight is 959 g/mol. The third kappa shape index (κ3) is 20.1. The van der Waals surface area contributed by atoms with Crippen LogP contribution in [0.25, 0.3) is 0 Å². The number of carbonyl (C=O) groups is 1. The molecule has 0 radical (unpaired) electrons. The van der Waals surface area contributed by atoms with Gasteiger partial charge in [0.1, 0.15) is 5.94 Å². The fourth-order valence-electron chi connectivity index (χ4n) is 7.11. The molecular weight excluding hydrogens is 893 g/mol. The van der Waals surface area contributed by atoms with E-state index in [1.807, 2.05) is 7.05 Å². The first-order valence-electron chi connectivity index (χ1n) is 19.8. The first-order valence-corrected chi connectivity index (χ1v) is 26.8. The molecule has 350 valence electrons. The highest BCUT2D eigenvalue weighted by Gasteiger charge is 2.74. The largest absolute Gasteiger partial charge is 0.477 e. The van der Waals surface area contributed by atoms with E-state index in [0.29, 0.717) is 84.4 Å². The molecule has 0 aromatic rings. The van der Waals surface area contributed by atoms with Gasteiger partial charge in [0.15, 0.2) is 0 Å². The van der Waals surface area contributed by atoms with E-state index >= 15 is 0 Å². The van der Waals surface area contributed by atoms with Gasteiger partial charge in [-0.05, 0) is 85.1 Å². The maximum atomic E-state index is 12.3. The summed E-state index contributed by atoms with van der Waals surface area (Å²) < 4.78 is 77.2. The number of unbranched alkanes of at least 4 members (excludes halogenated alkanes) is 1. The van der Waals surface area contributed by atoms with Crippen LogP contribution in [0.15, 0.2) is 0 Å². The van der Waals surface area contributed by atoms with E-state index in [4.69, 9.17) is 42.7 Å². The molecule has 60 heavy (non-hydrogen) atoms. The molecule has 7 unspecified atom stereocenters. The van der Waals surface area contributed by atoms with Crippen LogP contribution in [0.4, 0.5) is 4.79 Å². The number of fused-ring (bicyclic) bond motifs is 1. The topological polar surface area (TPSA) is 291 Å². The van der Waals surface area contributed by atoms with E-state index in [0.717, 1.165) is 32.2 Å². The minimum absolute atomic E-state index is 0.0320. The molecule has 9 N–H and O–H groups in total. The third-order valence-electron chi connectivity index (χ3n) is 10.1. The van der Waals surface area contributed by atoms with Gasteiger partial charge in [0, 0.05) is 41.8 Å². The van der Waals surface area contributed by atoms with E-state index in [-0.39, 0.29) is 22.0 Å². The summed E-state index contributed by atoms with van der Waals surface area (Å²) in [5.41, 5.74) is -1.61. The molecule has 3 rings (SSSR count). The predicted molar refractivity (Wildman–Crippen MR) is 224 cm³/mol. The Balaban J connectivity index is 1.20. The number of hydrogen-bond donors (Lipinski definition) is 9. The Kier molecular flexibility index (Phi) is 22.1. The molecule has 1 aliphatic heterocycles. The van der Waals surface area contributed by atoms with Crippen LogP contribution in [0.5, 0.6) is 0 Å². The monoisotopic (exact) mass is 958 g/mol. The summed E-state index contributed by atoms with van der Waals surface area (Å²) in [5, 5.41) is 18.6. The average Bonchev–Trinajstić information content (AvgIpc) is 3.35. The maximum Gasteiger partial charge on any atom is 0.477 e. The fourth-order valence-corrected chi connectivity index (χ4v) is 13.0. The standard InChI is InChI=1S/C34H65N4O17P3S2/c1-27-22-33(24-34(33)10-9-32(4,54-34)25-53-56(41,42)38-57(43,44)55-58(45,46)47)23-28(27)8-12-36-29(39)51-16-7-6-15-50-26-59-60-31(2,3)11-17-52-30(40)37-14-19-49-21-20-48-18-13-35-5/h27-29,35-36,39H,6-7,9-11,13-26H2,1-5H3,(H,37,40)(H2,45,46,47)(H3,38,41,42,43,44)/t27?,28?,29?,32-,33?,34?/m1/s1. The number of phosphoric acid groups is 1. The van der Waals surface area contributed by atoms with Gasteiger partial charge >= 0.3 is 29.4 Å². The first-order chi connectivity index (χ1) is 28.0. The Hall–Kier alpha value is -0.540. The van der Waals surface area contributed by atoms with Gasteiger partial charge in [0.25, 0.3) is 0 Å². The number of rotatable bonds is 30. The molecule has 1 amide bonds. The number of nitrogens with one attached hydrogen (secondary N) is 4. The molecule has 21 nitrogen and oxygen atoms in total. The molecule has 2 aliphatic carbocycles. The number of likely N-dealkylation sites (N-methyl/N-ethyl adjacent to an activating group) is 1. The highest BCUT2D eigenvalue weighted by molar-refractivity contribution is 8.77. The van der Waals surface area contributed by atoms with Crippen molar-refractivity contribution in [2.75, 3.05) is 78.9 Å². The first kappa shape index (κ1) is 53.8. The lowest BCUT2D eigenvalue weighted by atomic mass is 9.95. The van der Waals surface area contributed by atoms with Crippen molar-refractivity contribution in [1.82, 2.24) is 20.8 Å². The summed E-state index contributed by atoms with van der Waals surface area (Å²) in [4.78, 5) is 50.2. The highest BCUT2D eigenvalue weighted by atomic mass is 33.1. The molecule has 2 spiro atoms. The molecule has 3 aliphatic rings. The zero-order valence-corrected chi connectivity index (χ0v) is 39.3. The molecule has 0 aromatic heterocycles. The number of carbonyl (C=O) groups excluding carboxylic acids is 1. The summed E-state index contributed by atoms with van der Waals surface area (Å²) in [6.07, 6.45) is 3.92. The maximum absolute atomic E-state index is 12.3. The van der Waals surface area contributed by atoms with Gasteiger partial charge in [-0.2, -0.15) is 4.31 Å². The van der Waals surface area contributed by atoms with Crippen LogP contribution in [-0.4, -0.2) is 132 Å². The SMILES string of the molecule is CNCCOCCOCCNC(=O)OCCC(C)(C)SSCOCCCCOC(O)NC#CC1CC2(CC1C)CC21CC[C@](C)(COP(=O)(O)NP(=O)(O)OP(=O)(O)O)O1. The van der Waals surface area contributed by atoms with E-state index in [9.17, 15) is 33.4 Å². The second-order valence-electron chi connectivity index (χ2n) is 16.0. The summed E-state index contributed by atoms with van der Waals surface area (Å²) in [6.45, 7) is 11.8. The molecule has 2 saturated carbocycles. The Labute approximate surface area is 360 Å². The van der Waals surface area contributed by atoms with Gasteiger partial charge in [-0.1, -0.05) is 34.4 Å². The van der Waals surface area contributed by atoms with Gasteiger partial charge in [-0.25, -0.2) is 18.5 Å². The van der Waals surface area contributed by atoms with Crippen LogP contribution in [0.1, 0.15) is 79.1 Å². The van der Waals surface area contributed by atoms with Crippen molar-refractivity contribution in [2.24, 2.45) is 17.3 Å². The molecule has 26 heteroatoms. The van der Waals surface area contributed by atoms with Crippen molar-refractivity contribution in [1.29, 1.82) is 0 Å². The van der Waals surface area contributed by atoms with E-state index in [1.54, 1.807) is 28.5 Å². The van der Waals surface area contributed by atoms with Crippen LogP contribution >= 0.6 is 44.9 Å². The number of aliphatic hydroxyl groups is 1. The van der Waals surface area contributed by atoms with Crippen LogP contribution in [-0.2, 0) is 51.0 Å². The number of amides is 1. The Bertz CT molecular complexity index is 1560. The second kappa shape index (κ2) is 24.7. The van der Waals surface area contributed by atoms with Gasteiger partial charge in [0.2, 0.25) is 6.41 Å². The van der Waals surface area contributed by atoms with E-state index < -0.39 is 53.6 Å². The summed E-state index contributed by atoms with van der Waals surface area (Å²) in [6, 6.07) is 2.84. The van der Waals surface area contributed by atoms with Gasteiger partial charge in [-0.3, -0.25) is 9.84 Å². The van der Waals surface area contributed by atoms with Crippen molar-refractivity contribution >= 4 is 51.0 Å². The van der Waals surface area contributed by atoms with Gasteiger partial charge in [0.05, 0.1) is 57.5 Å². The summed E-state index contributed by atoms with van der Waals surface area (Å²) >= 11 is 0. The zero-order valence-electron chi connectivity index (χ0n) is 35.0. The number of aliphatic hydroxyl groups excluding tert-OH is 1. The number of ether oxygens (including phenoxy) is 6. The van der Waals surface area contributed by atoms with Crippen molar-refractivity contribution in [3.8, 4) is 12.0 Å². The lowest BCUT2D eigenvalue weighted by molar-refractivity contribution is -0.111. The number of alkyl carbamates (subject to hydrolysis) is 1. The second-order valence-corrected chi connectivity index (χ2v) is 23.7. The van der Waals surface area contributed by atoms with Crippen molar-refractivity contribution < 1.29 is 80.4 Å². The highest BCUT2D eigenvalue weighted by Crippen LogP contribution is 2.74. The minimum Gasteiger partial charge on any atom is -0.450 e. The van der Waals surface area contributed by atoms with Crippen molar-refractivity contribution in [3.05, 3.63) is 0 Å². The molecule has 8 atom stereocenters. The van der Waals surface area contributed by atoms with Gasteiger partial charge in [-0.15, -0.1) is 4.86 Å². The Morgan fingerprint density at radius 3 is 2.35 bits per heavy atom. The normalized spacial score (nSPS) is 27.6. The fraction of sp³-hybridized carbons (Fsp3) is 0.912. The lowest BCUT2D eigenvalue weighted by Crippen LogP contribution is -2.33. The third-order valence-corrected chi connectivity index (χ3v) is 17.4. The van der Waals surface area contributed by atoms with E-state index in [1.165, 1.54) is 4.86 Å². The van der Waals surface area contributed by atoms with Crippen molar-refractivity contribution in [3.63, 3.8) is 0 Å². The molecule has 3 fully saturated rings. The summed E-state index contributed by atoms with van der Waals surface area (Å²) in [7, 11) is -10.7. The van der Waals surface area contributed by atoms with Crippen LogP contribution < -0.4 is 20.8 Å². The molecule has 1 saturated heterocycles. The van der Waals surface area contributed by atoms with Crippen LogP contribution in [0.2, 0.25) is 0 Å². The lowest BCUT2D eigenvalue weighted by Gasteiger charge is -2.28. The van der Waals surface area contributed by atoms with E-state index in [2.05, 4.69) is 53.0 Å². The van der Waals surface area contributed by atoms with Crippen LogP contribution in [0.3, 0.4) is 0 Å². The predicted octanol–water partition coefficient (Wildman–Crippen LogP) is 3.77. The Morgan fingerprint density at radius 2 is 1.65 bits per heavy atom. The molecule has 1 heterocycles. The minimum atomic E-state index is -5.43. The van der Waals surface area contributed by atoms with Gasteiger partial charge < -0.3 is 63.7 Å². The smallest absolute Gasteiger partial charge is 0.450 e. The zero-order chi connectivity index (χ0) is 44.6. The van der Waals surface area contributed by atoms with Crippen molar-refractivity contribution in [2.45, 2.75) is 101 Å². The molecular formula is C34H65N4O17P3S2. The number of hydrogen-bond acceptors (Lipinski definition) is 17. The Morgan fingerprint density at radius 1 is 0.950 bits per heavy atom. The van der Waals surface area contributed by atoms with Crippen LogP contribution in [0, 0.1) is 29.2 Å². The molecule has 0 bridgehead atoms. The summed E-state index contributed by atoms with van der Waals surface area (Å²) in [5.74, 6) is 3.99. The molecule has 0 aromatic carbocycles.